The Morgan fingerprint density at radius 2 is 2.00 bits per heavy atom. The summed E-state index contributed by atoms with van der Waals surface area (Å²) in [4.78, 5) is 26.9. The van der Waals surface area contributed by atoms with E-state index < -0.39 is 0 Å². The second-order valence-corrected chi connectivity index (χ2v) is 8.89. The number of hydrogen-bond donors (Lipinski definition) is 0. The lowest BCUT2D eigenvalue weighted by Crippen LogP contribution is -2.32. The predicted octanol–water partition coefficient (Wildman–Crippen LogP) is 4.57. The average molecular weight is 471 g/mol. The minimum Gasteiger partial charge on any atom is -0.347 e. The van der Waals surface area contributed by atoms with E-state index in [2.05, 4.69) is 10.1 Å². The zero-order valence-corrected chi connectivity index (χ0v) is 19.8. The molecule has 1 aliphatic rings. The molecule has 7 nitrogen and oxygen atoms in total. The first-order valence-electron chi connectivity index (χ1n) is 11.7. The standard InChI is InChI=1S/C27H27FN6O/c1-32(2)27-29-17-23(19-9-5-10-21(28)16-19)25(31-27)24-12-6-15-34(24)26(35)22-11-4-3-8-20(22)18-33-14-7-13-30-33/h3-5,7-11,13-14,16-17,24H,6,12,15,18H2,1-2H3. The number of anilines is 1. The number of aromatic nitrogens is 4. The third-order valence-corrected chi connectivity index (χ3v) is 6.31. The Bertz CT molecular complexity index is 1340. The molecular formula is C27H27FN6O. The van der Waals surface area contributed by atoms with Gasteiger partial charge in [-0.15, -0.1) is 0 Å². The largest absolute Gasteiger partial charge is 0.347 e. The lowest BCUT2D eigenvalue weighted by Gasteiger charge is -2.27. The van der Waals surface area contributed by atoms with Gasteiger partial charge in [-0.1, -0.05) is 30.3 Å². The first kappa shape index (κ1) is 22.7. The highest BCUT2D eigenvalue weighted by atomic mass is 19.1. The van der Waals surface area contributed by atoms with Crippen molar-refractivity contribution in [3.05, 3.63) is 95.8 Å². The summed E-state index contributed by atoms with van der Waals surface area (Å²) in [6, 6.07) is 15.7. The van der Waals surface area contributed by atoms with Gasteiger partial charge in [0.05, 0.1) is 18.3 Å². The summed E-state index contributed by atoms with van der Waals surface area (Å²) in [5, 5.41) is 4.29. The van der Waals surface area contributed by atoms with E-state index in [4.69, 9.17) is 4.98 Å². The quantitative estimate of drug-likeness (QED) is 0.413. The smallest absolute Gasteiger partial charge is 0.254 e. The molecule has 1 aliphatic heterocycles. The van der Waals surface area contributed by atoms with Crippen molar-refractivity contribution in [2.24, 2.45) is 0 Å². The van der Waals surface area contributed by atoms with E-state index in [0.29, 0.717) is 30.2 Å². The molecule has 0 saturated carbocycles. The molecule has 1 unspecified atom stereocenters. The second kappa shape index (κ2) is 9.66. The van der Waals surface area contributed by atoms with Crippen molar-refractivity contribution in [2.75, 3.05) is 25.5 Å². The molecule has 0 radical (unpaired) electrons. The number of amides is 1. The topological polar surface area (TPSA) is 67.2 Å². The number of benzene rings is 2. The van der Waals surface area contributed by atoms with Crippen molar-refractivity contribution in [3.63, 3.8) is 0 Å². The molecule has 2 aromatic carbocycles. The Morgan fingerprint density at radius 1 is 1.14 bits per heavy atom. The van der Waals surface area contributed by atoms with E-state index in [1.54, 1.807) is 18.5 Å². The van der Waals surface area contributed by atoms with Crippen molar-refractivity contribution in [1.29, 1.82) is 0 Å². The first-order valence-corrected chi connectivity index (χ1v) is 11.7. The number of rotatable bonds is 6. The average Bonchev–Trinajstić information content (AvgIpc) is 3.56. The number of carbonyl (C=O) groups excluding carboxylic acids is 1. The summed E-state index contributed by atoms with van der Waals surface area (Å²) in [6.45, 7) is 1.14. The zero-order chi connectivity index (χ0) is 24.4. The summed E-state index contributed by atoms with van der Waals surface area (Å²) < 4.78 is 15.9. The van der Waals surface area contributed by atoms with Crippen LogP contribution in [0.15, 0.2) is 73.2 Å². The molecule has 3 heterocycles. The van der Waals surface area contributed by atoms with Crippen LogP contribution < -0.4 is 4.90 Å². The summed E-state index contributed by atoms with van der Waals surface area (Å²) in [5.74, 6) is 0.195. The van der Waals surface area contributed by atoms with Gasteiger partial charge in [0, 0.05) is 50.4 Å². The maximum absolute atomic E-state index is 14.1. The molecule has 2 aromatic heterocycles. The lowest BCUT2D eigenvalue weighted by molar-refractivity contribution is 0.0732. The van der Waals surface area contributed by atoms with E-state index in [9.17, 15) is 9.18 Å². The van der Waals surface area contributed by atoms with Crippen LogP contribution in [0.25, 0.3) is 11.1 Å². The predicted molar refractivity (Wildman–Crippen MR) is 133 cm³/mol. The number of carbonyl (C=O) groups is 1. The highest BCUT2D eigenvalue weighted by Crippen LogP contribution is 2.38. The van der Waals surface area contributed by atoms with Crippen LogP contribution in [0.2, 0.25) is 0 Å². The van der Waals surface area contributed by atoms with Gasteiger partial charge in [0.2, 0.25) is 5.95 Å². The Balaban J connectivity index is 1.54. The van der Waals surface area contributed by atoms with E-state index in [0.717, 1.165) is 29.7 Å². The monoisotopic (exact) mass is 470 g/mol. The Morgan fingerprint density at radius 3 is 2.77 bits per heavy atom. The van der Waals surface area contributed by atoms with Crippen LogP contribution in [0, 0.1) is 5.82 Å². The Kier molecular flexibility index (Phi) is 6.27. The van der Waals surface area contributed by atoms with Crippen LogP contribution in [-0.4, -0.2) is 51.2 Å². The van der Waals surface area contributed by atoms with Gasteiger partial charge < -0.3 is 9.80 Å². The lowest BCUT2D eigenvalue weighted by atomic mass is 9.99. The van der Waals surface area contributed by atoms with Crippen molar-refractivity contribution in [1.82, 2.24) is 24.6 Å². The van der Waals surface area contributed by atoms with E-state index in [1.807, 2.05) is 71.2 Å². The van der Waals surface area contributed by atoms with Gasteiger partial charge in [0.15, 0.2) is 0 Å². The normalized spacial score (nSPS) is 15.4. The SMILES string of the molecule is CN(C)c1ncc(-c2cccc(F)c2)c(C2CCCN2C(=O)c2ccccc2Cn2cccn2)n1. The summed E-state index contributed by atoms with van der Waals surface area (Å²) in [5.41, 5.74) is 3.75. The number of hydrogen-bond acceptors (Lipinski definition) is 5. The van der Waals surface area contributed by atoms with Crippen molar-refractivity contribution < 1.29 is 9.18 Å². The van der Waals surface area contributed by atoms with Gasteiger partial charge in [-0.25, -0.2) is 14.4 Å². The van der Waals surface area contributed by atoms with Crippen LogP contribution in [0.4, 0.5) is 10.3 Å². The van der Waals surface area contributed by atoms with E-state index >= 15 is 0 Å². The van der Waals surface area contributed by atoms with Gasteiger partial charge in [-0.2, -0.15) is 5.10 Å². The molecule has 0 spiro atoms. The van der Waals surface area contributed by atoms with Crippen LogP contribution in [0.3, 0.4) is 0 Å². The molecule has 35 heavy (non-hydrogen) atoms. The molecule has 1 atom stereocenters. The fourth-order valence-electron chi connectivity index (χ4n) is 4.62. The summed E-state index contributed by atoms with van der Waals surface area (Å²) in [6.07, 6.45) is 6.99. The van der Waals surface area contributed by atoms with Crippen LogP contribution >= 0.6 is 0 Å². The van der Waals surface area contributed by atoms with Crippen molar-refractivity contribution >= 4 is 11.9 Å². The zero-order valence-electron chi connectivity index (χ0n) is 19.8. The number of halogens is 1. The maximum atomic E-state index is 14.1. The van der Waals surface area contributed by atoms with Gasteiger partial charge >= 0.3 is 0 Å². The van der Waals surface area contributed by atoms with E-state index in [-0.39, 0.29) is 17.8 Å². The summed E-state index contributed by atoms with van der Waals surface area (Å²) >= 11 is 0. The molecule has 5 rings (SSSR count). The molecule has 1 saturated heterocycles. The fourth-order valence-corrected chi connectivity index (χ4v) is 4.62. The van der Waals surface area contributed by atoms with Crippen molar-refractivity contribution in [2.45, 2.75) is 25.4 Å². The number of likely N-dealkylation sites (tertiary alicyclic amines) is 1. The molecule has 1 fully saturated rings. The third-order valence-electron chi connectivity index (χ3n) is 6.31. The van der Waals surface area contributed by atoms with Crippen LogP contribution in [0.1, 0.15) is 40.5 Å². The molecule has 178 valence electrons. The van der Waals surface area contributed by atoms with Gasteiger partial charge in [0.1, 0.15) is 5.82 Å². The maximum Gasteiger partial charge on any atom is 0.254 e. The summed E-state index contributed by atoms with van der Waals surface area (Å²) in [7, 11) is 3.76. The highest BCUT2D eigenvalue weighted by molar-refractivity contribution is 5.96. The number of nitrogens with zero attached hydrogens (tertiary/aromatic N) is 6. The molecule has 4 aromatic rings. The Hall–Kier alpha value is -4.07. The molecule has 0 aliphatic carbocycles. The van der Waals surface area contributed by atoms with E-state index in [1.165, 1.54) is 12.1 Å². The van der Waals surface area contributed by atoms with Gasteiger partial charge in [-0.3, -0.25) is 9.48 Å². The third kappa shape index (κ3) is 4.64. The Labute approximate surface area is 203 Å². The molecule has 0 bridgehead atoms. The van der Waals surface area contributed by atoms with Crippen molar-refractivity contribution in [3.8, 4) is 11.1 Å². The minimum absolute atomic E-state index is 0.0366. The van der Waals surface area contributed by atoms with Gasteiger partial charge in [0.25, 0.3) is 5.91 Å². The second-order valence-electron chi connectivity index (χ2n) is 8.89. The minimum atomic E-state index is -0.322. The molecule has 8 heteroatoms. The fraction of sp³-hybridized carbons (Fsp3) is 0.259. The van der Waals surface area contributed by atoms with Gasteiger partial charge in [-0.05, 0) is 48.2 Å². The highest BCUT2D eigenvalue weighted by Gasteiger charge is 2.34. The van der Waals surface area contributed by atoms with Crippen LogP contribution in [0.5, 0.6) is 0 Å². The first-order chi connectivity index (χ1) is 17.0. The van der Waals surface area contributed by atoms with Crippen LogP contribution in [-0.2, 0) is 6.54 Å². The molecule has 1 amide bonds. The molecular weight excluding hydrogens is 443 g/mol. The molecule has 0 N–H and O–H groups in total.